The van der Waals surface area contributed by atoms with Gasteiger partial charge in [-0.1, -0.05) is 24.3 Å². The Morgan fingerprint density at radius 3 is 2.33 bits per heavy atom. The molecule has 0 saturated carbocycles. The van der Waals surface area contributed by atoms with Crippen molar-refractivity contribution in [2.24, 2.45) is 0 Å². The molecular formula is C18H13BrFN3O. The first-order valence-electron chi connectivity index (χ1n) is 7.17. The largest absolute Gasteiger partial charge is 0.352 e. The fraction of sp³-hybridized carbons (Fsp3) is 0. The quantitative estimate of drug-likeness (QED) is 0.665. The van der Waals surface area contributed by atoms with Crippen LogP contribution in [0, 0.1) is 5.82 Å². The van der Waals surface area contributed by atoms with E-state index in [0.717, 1.165) is 4.47 Å². The van der Waals surface area contributed by atoms with Gasteiger partial charge < -0.3 is 10.6 Å². The Labute approximate surface area is 146 Å². The Balaban J connectivity index is 1.71. The molecule has 1 amide bonds. The smallest absolute Gasteiger partial charge is 0.274 e. The van der Waals surface area contributed by atoms with Crippen LogP contribution in [0.4, 0.5) is 21.5 Å². The molecule has 3 aromatic rings. The molecule has 2 aromatic carbocycles. The van der Waals surface area contributed by atoms with Crippen LogP contribution >= 0.6 is 15.9 Å². The summed E-state index contributed by atoms with van der Waals surface area (Å²) in [5.74, 6) is -0.674. The predicted molar refractivity (Wildman–Crippen MR) is 96.0 cm³/mol. The monoisotopic (exact) mass is 385 g/mol. The van der Waals surface area contributed by atoms with Crippen LogP contribution in [-0.2, 0) is 0 Å². The zero-order chi connectivity index (χ0) is 16.9. The highest BCUT2D eigenvalue weighted by atomic mass is 79.9. The number of aromatic nitrogens is 1. The minimum absolute atomic E-state index is 0.268. The Hall–Kier alpha value is -2.73. The molecule has 4 nitrogen and oxygen atoms in total. The van der Waals surface area contributed by atoms with Crippen molar-refractivity contribution in [1.29, 1.82) is 0 Å². The van der Waals surface area contributed by atoms with Crippen LogP contribution < -0.4 is 10.6 Å². The third-order valence-electron chi connectivity index (χ3n) is 3.27. The van der Waals surface area contributed by atoms with Gasteiger partial charge in [0.1, 0.15) is 11.5 Å². The van der Waals surface area contributed by atoms with E-state index in [0.29, 0.717) is 17.1 Å². The van der Waals surface area contributed by atoms with Crippen molar-refractivity contribution >= 4 is 38.9 Å². The second-order valence-corrected chi connectivity index (χ2v) is 5.83. The molecule has 24 heavy (non-hydrogen) atoms. The maximum absolute atomic E-state index is 13.6. The molecule has 0 aliphatic heterocycles. The molecule has 0 aliphatic rings. The number of carbonyl (C=O) groups is 1. The van der Waals surface area contributed by atoms with Gasteiger partial charge in [0, 0.05) is 4.47 Å². The van der Waals surface area contributed by atoms with Crippen LogP contribution in [0.2, 0.25) is 0 Å². The van der Waals surface area contributed by atoms with E-state index in [4.69, 9.17) is 0 Å². The molecule has 0 saturated heterocycles. The summed E-state index contributed by atoms with van der Waals surface area (Å²) < 4.78 is 14.4. The lowest BCUT2D eigenvalue weighted by Crippen LogP contribution is -2.13. The number of rotatable bonds is 4. The zero-order valence-corrected chi connectivity index (χ0v) is 14.0. The third kappa shape index (κ3) is 3.78. The molecule has 3 rings (SSSR count). The maximum Gasteiger partial charge on any atom is 0.274 e. The molecule has 0 fully saturated rings. The molecule has 0 aliphatic carbocycles. The Morgan fingerprint density at radius 1 is 0.958 bits per heavy atom. The second kappa shape index (κ2) is 7.23. The van der Waals surface area contributed by atoms with E-state index < -0.39 is 0 Å². The van der Waals surface area contributed by atoms with Gasteiger partial charge in [0.15, 0.2) is 0 Å². The lowest BCUT2D eigenvalue weighted by molar-refractivity contribution is 0.102. The van der Waals surface area contributed by atoms with E-state index >= 15 is 0 Å². The van der Waals surface area contributed by atoms with Crippen molar-refractivity contribution in [3.63, 3.8) is 0 Å². The van der Waals surface area contributed by atoms with E-state index in [1.54, 1.807) is 36.4 Å². The van der Waals surface area contributed by atoms with Gasteiger partial charge in [0.25, 0.3) is 5.91 Å². The van der Waals surface area contributed by atoms with Gasteiger partial charge in [0.05, 0.1) is 23.3 Å². The van der Waals surface area contributed by atoms with Gasteiger partial charge in [-0.25, -0.2) is 9.37 Å². The van der Waals surface area contributed by atoms with Crippen LogP contribution in [0.5, 0.6) is 0 Å². The summed E-state index contributed by atoms with van der Waals surface area (Å²) in [4.78, 5) is 16.3. The van der Waals surface area contributed by atoms with Crippen molar-refractivity contribution in [3.05, 3.63) is 82.8 Å². The molecule has 1 aromatic heterocycles. The van der Waals surface area contributed by atoms with Crippen molar-refractivity contribution in [1.82, 2.24) is 4.98 Å². The lowest BCUT2D eigenvalue weighted by Gasteiger charge is -2.09. The van der Waals surface area contributed by atoms with Crippen molar-refractivity contribution in [3.8, 4) is 0 Å². The third-order valence-corrected chi connectivity index (χ3v) is 3.96. The summed E-state index contributed by atoms with van der Waals surface area (Å²) in [5.41, 5.74) is 1.88. The number of hydrogen-bond donors (Lipinski definition) is 2. The first kappa shape index (κ1) is 16.1. The van der Waals surface area contributed by atoms with E-state index in [1.807, 2.05) is 18.2 Å². The number of hydrogen-bond acceptors (Lipinski definition) is 3. The van der Waals surface area contributed by atoms with Crippen molar-refractivity contribution in [2.75, 3.05) is 10.6 Å². The highest BCUT2D eigenvalue weighted by Gasteiger charge is 2.09. The molecule has 0 spiro atoms. The van der Waals surface area contributed by atoms with Crippen LogP contribution in [0.3, 0.4) is 0 Å². The van der Waals surface area contributed by atoms with Crippen LogP contribution in [-0.4, -0.2) is 10.9 Å². The molecule has 0 atom stereocenters. The van der Waals surface area contributed by atoms with Crippen molar-refractivity contribution < 1.29 is 9.18 Å². The molecule has 120 valence electrons. The number of amides is 1. The highest BCUT2D eigenvalue weighted by molar-refractivity contribution is 9.10. The van der Waals surface area contributed by atoms with Gasteiger partial charge >= 0.3 is 0 Å². The minimum Gasteiger partial charge on any atom is -0.352 e. The summed E-state index contributed by atoms with van der Waals surface area (Å²) in [7, 11) is 0. The fourth-order valence-corrected chi connectivity index (χ4v) is 2.45. The van der Waals surface area contributed by atoms with E-state index in [9.17, 15) is 9.18 Å². The molecule has 0 unspecified atom stereocenters. The average Bonchev–Trinajstić information content (AvgIpc) is 2.59. The maximum atomic E-state index is 13.6. The SMILES string of the molecule is O=C(Nc1ccccc1Br)c1ccc(Nc2ccccc2F)cn1. The predicted octanol–water partition coefficient (Wildman–Crippen LogP) is 4.98. The molecule has 0 bridgehead atoms. The van der Waals surface area contributed by atoms with Gasteiger partial charge in [-0.05, 0) is 52.3 Å². The summed E-state index contributed by atoms with van der Waals surface area (Å²) in [6.07, 6.45) is 1.49. The van der Waals surface area contributed by atoms with E-state index in [1.165, 1.54) is 12.3 Å². The highest BCUT2D eigenvalue weighted by Crippen LogP contribution is 2.22. The molecule has 2 N–H and O–H groups in total. The molecular weight excluding hydrogens is 373 g/mol. The van der Waals surface area contributed by atoms with Crippen LogP contribution in [0.1, 0.15) is 10.5 Å². The van der Waals surface area contributed by atoms with E-state index in [2.05, 4.69) is 31.5 Å². The number of para-hydroxylation sites is 2. The first-order chi connectivity index (χ1) is 11.6. The Kier molecular flexibility index (Phi) is 4.86. The summed E-state index contributed by atoms with van der Waals surface area (Å²) in [6.45, 7) is 0. The number of pyridine rings is 1. The number of anilines is 3. The lowest BCUT2D eigenvalue weighted by atomic mass is 10.2. The van der Waals surface area contributed by atoms with Gasteiger partial charge in [-0.15, -0.1) is 0 Å². The molecule has 1 heterocycles. The normalized spacial score (nSPS) is 10.2. The topological polar surface area (TPSA) is 54.0 Å². The van der Waals surface area contributed by atoms with Crippen LogP contribution in [0.25, 0.3) is 0 Å². The van der Waals surface area contributed by atoms with Crippen molar-refractivity contribution in [2.45, 2.75) is 0 Å². The van der Waals surface area contributed by atoms with Gasteiger partial charge in [0.2, 0.25) is 0 Å². The first-order valence-corrected chi connectivity index (χ1v) is 7.96. The zero-order valence-electron chi connectivity index (χ0n) is 12.5. The Morgan fingerprint density at radius 2 is 1.67 bits per heavy atom. The number of carbonyl (C=O) groups excluding carboxylic acids is 1. The standard InChI is InChI=1S/C18H13BrFN3O/c19-13-5-1-3-7-15(13)23-18(24)17-10-9-12(11-21-17)22-16-8-4-2-6-14(16)20/h1-11,22H,(H,23,24). The molecule has 6 heteroatoms. The minimum atomic E-state index is -0.353. The summed E-state index contributed by atoms with van der Waals surface area (Å²) >= 11 is 3.37. The second-order valence-electron chi connectivity index (χ2n) is 4.97. The van der Waals surface area contributed by atoms with Gasteiger partial charge in [-0.3, -0.25) is 4.79 Å². The van der Waals surface area contributed by atoms with Gasteiger partial charge in [-0.2, -0.15) is 0 Å². The van der Waals surface area contributed by atoms with Crippen LogP contribution in [0.15, 0.2) is 71.3 Å². The number of halogens is 2. The summed E-state index contributed by atoms with van der Waals surface area (Å²) in [5, 5.41) is 5.70. The van der Waals surface area contributed by atoms with E-state index in [-0.39, 0.29) is 17.4 Å². The number of nitrogens with zero attached hydrogens (tertiary/aromatic N) is 1. The molecule has 0 radical (unpaired) electrons. The fourth-order valence-electron chi connectivity index (χ4n) is 2.07. The number of nitrogens with one attached hydrogen (secondary N) is 2. The summed E-state index contributed by atoms with van der Waals surface area (Å²) in [6, 6.07) is 16.9. The average molecular weight is 386 g/mol. The number of benzene rings is 2. The Bertz CT molecular complexity index is 868.